The Labute approximate surface area is 162 Å². The number of aromatic nitrogens is 2. The Morgan fingerprint density at radius 3 is 2.31 bits per heavy atom. The second kappa shape index (κ2) is 7.55. The molecular weight excluding hydrogens is 412 g/mol. The number of benzene rings is 2. The van der Waals surface area contributed by atoms with E-state index in [0.717, 1.165) is 0 Å². The van der Waals surface area contributed by atoms with Crippen LogP contribution in [0.3, 0.4) is 0 Å². The summed E-state index contributed by atoms with van der Waals surface area (Å²) in [4.78, 5) is 4.06. The van der Waals surface area contributed by atoms with Crippen molar-refractivity contribution in [1.82, 2.24) is 9.55 Å². The maximum absolute atomic E-state index is 12.9. The van der Waals surface area contributed by atoms with Crippen LogP contribution in [0.5, 0.6) is 5.75 Å². The van der Waals surface area contributed by atoms with Crippen LogP contribution in [0.4, 0.5) is 13.2 Å². The Morgan fingerprint density at radius 1 is 1.00 bits per heavy atom. The molecule has 3 rings (SSSR count). The summed E-state index contributed by atoms with van der Waals surface area (Å²) >= 11 is 17.8. The predicted octanol–water partition coefficient (Wildman–Crippen LogP) is 6.18. The third-order valence-corrected chi connectivity index (χ3v) is 4.60. The van der Waals surface area contributed by atoms with Gasteiger partial charge in [0.05, 0.1) is 27.6 Å². The van der Waals surface area contributed by atoms with Crippen molar-refractivity contribution in [1.29, 1.82) is 0 Å². The highest BCUT2D eigenvalue weighted by molar-refractivity contribution is 6.42. The molecule has 3 aromatic rings. The Balaban J connectivity index is 1.87. The summed E-state index contributed by atoms with van der Waals surface area (Å²) in [5, 5.41) is 1.05. The second-order valence-corrected chi connectivity index (χ2v) is 6.78. The first-order chi connectivity index (χ1) is 12.2. The van der Waals surface area contributed by atoms with Gasteiger partial charge in [0.2, 0.25) is 0 Å². The molecule has 2 aromatic carbocycles. The predicted molar refractivity (Wildman–Crippen MR) is 96.5 cm³/mol. The van der Waals surface area contributed by atoms with Crippen molar-refractivity contribution >= 4 is 45.8 Å². The fourth-order valence-electron chi connectivity index (χ4n) is 2.52. The van der Waals surface area contributed by atoms with Crippen molar-refractivity contribution in [3.63, 3.8) is 0 Å². The smallest absolute Gasteiger partial charge is 0.396 e. The monoisotopic (exact) mass is 422 g/mol. The number of halogens is 6. The molecule has 138 valence electrons. The Hall–Kier alpha value is -1.63. The lowest BCUT2D eigenvalue weighted by molar-refractivity contribution is -0.128. The van der Waals surface area contributed by atoms with Crippen LogP contribution in [0.1, 0.15) is 5.82 Å². The minimum Gasteiger partial charge on any atom is -0.492 e. The maximum Gasteiger partial charge on any atom is 0.396 e. The molecule has 0 aliphatic heterocycles. The summed E-state index contributed by atoms with van der Waals surface area (Å²) in [5.41, 5.74) is 0.823. The van der Waals surface area contributed by atoms with Crippen molar-refractivity contribution in [3.05, 3.63) is 57.3 Å². The van der Waals surface area contributed by atoms with E-state index in [1.807, 2.05) is 0 Å². The van der Waals surface area contributed by atoms with Crippen LogP contribution < -0.4 is 4.74 Å². The van der Waals surface area contributed by atoms with Gasteiger partial charge in [-0.1, -0.05) is 34.8 Å². The van der Waals surface area contributed by atoms with E-state index in [4.69, 9.17) is 39.5 Å². The molecule has 0 radical (unpaired) electrons. The molecular formula is C17H12Cl3F3N2O. The van der Waals surface area contributed by atoms with Crippen LogP contribution in [0, 0.1) is 0 Å². The van der Waals surface area contributed by atoms with Gasteiger partial charge in [-0.3, -0.25) is 0 Å². The van der Waals surface area contributed by atoms with Gasteiger partial charge in [0.1, 0.15) is 24.6 Å². The zero-order valence-electron chi connectivity index (χ0n) is 13.2. The van der Waals surface area contributed by atoms with E-state index < -0.39 is 12.6 Å². The van der Waals surface area contributed by atoms with Crippen LogP contribution in [0.25, 0.3) is 11.0 Å². The largest absolute Gasteiger partial charge is 0.492 e. The lowest BCUT2D eigenvalue weighted by Gasteiger charge is -2.12. The fraction of sp³-hybridized carbons (Fsp3) is 0.235. The molecule has 0 bridgehead atoms. The summed E-state index contributed by atoms with van der Waals surface area (Å²) < 4.78 is 45.7. The van der Waals surface area contributed by atoms with E-state index >= 15 is 0 Å². The Morgan fingerprint density at radius 2 is 1.65 bits per heavy atom. The van der Waals surface area contributed by atoms with E-state index in [9.17, 15) is 13.2 Å². The van der Waals surface area contributed by atoms with Gasteiger partial charge in [-0.25, -0.2) is 4.98 Å². The number of nitrogens with zero attached hydrogens (tertiary/aromatic N) is 2. The molecule has 0 spiro atoms. The second-order valence-electron chi connectivity index (χ2n) is 5.53. The molecule has 9 heteroatoms. The molecule has 0 fully saturated rings. The number of alkyl halides is 3. The van der Waals surface area contributed by atoms with Crippen molar-refractivity contribution in [2.45, 2.75) is 19.1 Å². The van der Waals surface area contributed by atoms with Gasteiger partial charge in [0.15, 0.2) is 0 Å². The highest BCUT2D eigenvalue weighted by Gasteiger charge is 2.31. The van der Waals surface area contributed by atoms with E-state index in [1.54, 1.807) is 24.3 Å². The first-order valence-corrected chi connectivity index (χ1v) is 8.65. The summed E-state index contributed by atoms with van der Waals surface area (Å²) in [7, 11) is 0. The van der Waals surface area contributed by atoms with Gasteiger partial charge in [-0.15, -0.1) is 0 Å². The lowest BCUT2D eigenvalue weighted by atomic mass is 10.3. The summed E-state index contributed by atoms with van der Waals surface area (Å²) in [6, 6.07) is 9.66. The number of imidazole rings is 1. The Kier molecular flexibility index (Phi) is 5.55. The molecule has 0 aliphatic carbocycles. The zero-order valence-corrected chi connectivity index (χ0v) is 15.4. The summed E-state index contributed by atoms with van der Waals surface area (Å²) in [6.07, 6.45) is -5.54. The molecule has 0 N–H and O–H groups in total. The minimum atomic E-state index is -4.39. The maximum atomic E-state index is 12.9. The van der Waals surface area contributed by atoms with Gasteiger partial charge in [-0.2, -0.15) is 13.2 Å². The van der Waals surface area contributed by atoms with Gasteiger partial charge in [0.25, 0.3) is 0 Å². The van der Waals surface area contributed by atoms with Gasteiger partial charge >= 0.3 is 6.18 Å². The van der Waals surface area contributed by atoms with Crippen molar-refractivity contribution in [2.24, 2.45) is 0 Å². The third kappa shape index (κ3) is 4.55. The first-order valence-electron chi connectivity index (χ1n) is 7.52. The van der Waals surface area contributed by atoms with Crippen LogP contribution in [-0.4, -0.2) is 22.3 Å². The normalized spacial score (nSPS) is 11.9. The highest BCUT2D eigenvalue weighted by Crippen LogP contribution is 2.30. The lowest BCUT2D eigenvalue weighted by Crippen LogP contribution is -2.18. The topological polar surface area (TPSA) is 27.1 Å². The van der Waals surface area contributed by atoms with Crippen molar-refractivity contribution in [3.8, 4) is 5.75 Å². The number of hydrogen-bond donors (Lipinski definition) is 0. The van der Waals surface area contributed by atoms with Gasteiger partial charge in [0, 0.05) is 5.02 Å². The van der Waals surface area contributed by atoms with Gasteiger partial charge in [-0.05, 0) is 36.4 Å². The molecule has 0 amide bonds. The average Bonchev–Trinajstić information content (AvgIpc) is 2.85. The summed E-state index contributed by atoms with van der Waals surface area (Å²) in [6.45, 7) is 0.320. The SMILES string of the molecule is FC(F)(F)Cc1nc2cc(Cl)c(Cl)cc2n1CCOc1ccc(Cl)cc1. The number of hydrogen-bond acceptors (Lipinski definition) is 2. The van der Waals surface area contributed by atoms with E-state index in [-0.39, 0.29) is 29.0 Å². The highest BCUT2D eigenvalue weighted by atomic mass is 35.5. The van der Waals surface area contributed by atoms with Crippen molar-refractivity contribution in [2.75, 3.05) is 6.61 Å². The van der Waals surface area contributed by atoms with Crippen LogP contribution in [0.2, 0.25) is 15.1 Å². The number of fused-ring (bicyclic) bond motifs is 1. The molecule has 26 heavy (non-hydrogen) atoms. The van der Waals surface area contributed by atoms with Gasteiger partial charge < -0.3 is 9.30 Å². The van der Waals surface area contributed by atoms with Crippen molar-refractivity contribution < 1.29 is 17.9 Å². The molecule has 1 aromatic heterocycles. The average molecular weight is 424 g/mol. The molecule has 3 nitrogen and oxygen atoms in total. The Bertz CT molecular complexity index is 924. The molecule has 0 saturated heterocycles. The molecule has 0 atom stereocenters. The molecule has 0 unspecified atom stereocenters. The quantitative estimate of drug-likeness (QED) is 0.490. The van der Waals surface area contributed by atoms with E-state index in [2.05, 4.69) is 4.98 Å². The molecule has 0 aliphatic rings. The number of rotatable bonds is 5. The van der Waals surface area contributed by atoms with E-state index in [0.29, 0.717) is 21.8 Å². The fourth-order valence-corrected chi connectivity index (χ4v) is 2.96. The van der Waals surface area contributed by atoms with Crippen LogP contribution >= 0.6 is 34.8 Å². The third-order valence-electron chi connectivity index (χ3n) is 3.63. The van der Waals surface area contributed by atoms with Crippen LogP contribution in [0.15, 0.2) is 36.4 Å². The summed E-state index contributed by atoms with van der Waals surface area (Å²) in [5.74, 6) is 0.447. The first kappa shape index (κ1) is 19.1. The molecule has 1 heterocycles. The van der Waals surface area contributed by atoms with Crippen LogP contribution in [-0.2, 0) is 13.0 Å². The standard InChI is InChI=1S/C17H12Cl3F3N2O/c18-10-1-3-11(4-2-10)26-6-5-25-15-8-13(20)12(19)7-14(15)24-16(25)9-17(21,22)23/h1-4,7-8H,5-6,9H2. The molecule has 0 saturated carbocycles. The zero-order chi connectivity index (χ0) is 18.9. The minimum absolute atomic E-state index is 0.120. The van der Waals surface area contributed by atoms with E-state index in [1.165, 1.54) is 16.7 Å². The number of ether oxygens (including phenoxy) is 1.